The fourth-order valence-electron chi connectivity index (χ4n) is 3.02. The van der Waals surface area contributed by atoms with Gasteiger partial charge in [-0.2, -0.15) is 5.10 Å². The summed E-state index contributed by atoms with van der Waals surface area (Å²) in [7, 11) is 0. The van der Waals surface area contributed by atoms with Crippen LogP contribution in [0.2, 0.25) is 0 Å². The summed E-state index contributed by atoms with van der Waals surface area (Å²) in [6.07, 6.45) is 3.01. The van der Waals surface area contributed by atoms with Crippen molar-refractivity contribution in [3.8, 4) is 0 Å². The van der Waals surface area contributed by atoms with Crippen molar-refractivity contribution in [3.63, 3.8) is 0 Å². The first-order valence-corrected chi connectivity index (χ1v) is 8.07. The van der Waals surface area contributed by atoms with Crippen molar-refractivity contribution in [2.45, 2.75) is 38.5 Å². The van der Waals surface area contributed by atoms with E-state index >= 15 is 0 Å². The number of rotatable bonds is 5. The fourth-order valence-corrected chi connectivity index (χ4v) is 3.02. The van der Waals surface area contributed by atoms with Gasteiger partial charge in [-0.25, -0.2) is 4.39 Å². The lowest BCUT2D eigenvalue weighted by Crippen LogP contribution is -2.37. The van der Waals surface area contributed by atoms with Gasteiger partial charge in [-0.15, -0.1) is 0 Å². The fraction of sp³-hybridized carbons (Fsp3) is 0.471. The van der Waals surface area contributed by atoms with E-state index < -0.39 is 0 Å². The SMILES string of the molecule is CC(NCc1ccn[nH]1)c1cc(F)ccc1N1CCC(O)CC1. The number of aliphatic hydroxyl groups is 1. The molecule has 6 heteroatoms. The largest absolute Gasteiger partial charge is 0.393 e. The summed E-state index contributed by atoms with van der Waals surface area (Å²) < 4.78 is 13.7. The molecule has 23 heavy (non-hydrogen) atoms. The molecule has 1 unspecified atom stereocenters. The number of nitrogens with one attached hydrogen (secondary N) is 2. The third-order valence-electron chi connectivity index (χ3n) is 4.42. The first-order chi connectivity index (χ1) is 11.1. The minimum absolute atomic E-state index is 0.0100. The number of nitrogens with zero attached hydrogens (tertiary/aromatic N) is 2. The van der Waals surface area contributed by atoms with Gasteiger partial charge in [0.1, 0.15) is 5.82 Å². The van der Waals surface area contributed by atoms with Crippen LogP contribution in [0.25, 0.3) is 0 Å². The van der Waals surface area contributed by atoms with Crippen LogP contribution in [0.4, 0.5) is 10.1 Å². The van der Waals surface area contributed by atoms with Crippen molar-refractivity contribution in [2.24, 2.45) is 0 Å². The third-order valence-corrected chi connectivity index (χ3v) is 4.42. The van der Waals surface area contributed by atoms with Crippen molar-refractivity contribution < 1.29 is 9.50 Å². The van der Waals surface area contributed by atoms with Crippen molar-refractivity contribution in [1.82, 2.24) is 15.5 Å². The third kappa shape index (κ3) is 3.89. The van der Waals surface area contributed by atoms with E-state index in [1.165, 1.54) is 6.07 Å². The number of H-pyrrole nitrogens is 1. The van der Waals surface area contributed by atoms with Crippen LogP contribution < -0.4 is 10.2 Å². The summed E-state index contributed by atoms with van der Waals surface area (Å²) in [6, 6.07) is 6.88. The lowest BCUT2D eigenvalue weighted by atomic mass is 10.0. The van der Waals surface area contributed by atoms with E-state index in [-0.39, 0.29) is 18.0 Å². The van der Waals surface area contributed by atoms with Crippen LogP contribution in [0.5, 0.6) is 0 Å². The molecule has 3 rings (SSSR count). The number of piperidine rings is 1. The Morgan fingerprint density at radius 2 is 2.17 bits per heavy atom. The molecule has 0 bridgehead atoms. The zero-order valence-corrected chi connectivity index (χ0v) is 13.3. The number of aromatic nitrogens is 2. The summed E-state index contributed by atoms with van der Waals surface area (Å²) in [4.78, 5) is 2.23. The molecule has 5 nitrogen and oxygen atoms in total. The lowest BCUT2D eigenvalue weighted by Gasteiger charge is -2.34. The molecule has 124 valence electrons. The molecule has 1 aromatic heterocycles. The maximum Gasteiger partial charge on any atom is 0.123 e. The molecule has 0 spiro atoms. The Bertz CT molecular complexity index is 624. The zero-order chi connectivity index (χ0) is 16.2. The van der Waals surface area contributed by atoms with E-state index in [1.807, 2.05) is 19.1 Å². The van der Waals surface area contributed by atoms with Gasteiger partial charge >= 0.3 is 0 Å². The van der Waals surface area contributed by atoms with Gasteiger partial charge in [0.15, 0.2) is 0 Å². The lowest BCUT2D eigenvalue weighted by molar-refractivity contribution is 0.145. The summed E-state index contributed by atoms with van der Waals surface area (Å²) in [5, 5.41) is 19.9. The van der Waals surface area contributed by atoms with Crippen LogP contribution in [0.3, 0.4) is 0 Å². The molecule has 1 atom stereocenters. The zero-order valence-electron chi connectivity index (χ0n) is 13.3. The number of halogens is 1. The number of anilines is 1. The monoisotopic (exact) mass is 318 g/mol. The van der Waals surface area contributed by atoms with Gasteiger partial charge in [0.2, 0.25) is 0 Å². The van der Waals surface area contributed by atoms with Crippen LogP contribution >= 0.6 is 0 Å². The molecule has 1 aliphatic rings. The second kappa shape index (κ2) is 7.10. The number of hydrogen-bond donors (Lipinski definition) is 3. The van der Waals surface area contributed by atoms with Crippen LogP contribution in [0, 0.1) is 5.82 Å². The highest BCUT2D eigenvalue weighted by Crippen LogP contribution is 2.29. The minimum atomic E-state index is -0.226. The summed E-state index contributed by atoms with van der Waals surface area (Å²) in [5.41, 5.74) is 2.99. The molecule has 2 heterocycles. The Morgan fingerprint density at radius 3 is 2.87 bits per heavy atom. The van der Waals surface area contributed by atoms with Crippen molar-refractivity contribution >= 4 is 5.69 Å². The molecule has 0 radical (unpaired) electrons. The number of aromatic amines is 1. The number of aliphatic hydroxyl groups excluding tert-OH is 1. The molecule has 0 aliphatic carbocycles. The molecular weight excluding hydrogens is 295 g/mol. The van der Waals surface area contributed by atoms with Gasteiger partial charge in [0, 0.05) is 43.3 Å². The van der Waals surface area contributed by atoms with Crippen molar-refractivity contribution in [2.75, 3.05) is 18.0 Å². The topological polar surface area (TPSA) is 64.2 Å². The maximum absolute atomic E-state index is 13.7. The second-order valence-corrected chi connectivity index (χ2v) is 6.11. The summed E-state index contributed by atoms with van der Waals surface area (Å²) >= 11 is 0. The van der Waals surface area contributed by atoms with Crippen LogP contribution in [-0.4, -0.2) is 34.5 Å². The van der Waals surface area contributed by atoms with E-state index in [0.717, 1.165) is 42.9 Å². The Hall–Kier alpha value is -1.92. The average molecular weight is 318 g/mol. The average Bonchev–Trinajstić information content (AvgIpc) is 3.07. The first kappa shape index (κ1) is 16.0. The Morgan fingerprint density at radius 1 is 1.39 bits per heavy atom. The minimum Gasteiger partial charge on any atom is -0.393 e. The predicted octanol–water partition coefficient (Wildman–Crippen LogP) is 2.36. The van der Waals surface area contributed by atoms with Crippen LogP contribution in [0.1, 0.15) is 37.1 Å². The van der Waals surface area contributed by atoms with Crippen molar-refractivity contribution in [3.05, 3.63) is 47.5 Å². The Labute approximate surface area is 135 Å². The molecule has 3 N–H and O–H groups in total. The molecule has 0 saturated carbocycles. The Kier molecular flexibility index (Phi) is 4.93. The molecule has 1 aliphatic heterocycles. The van der Waals surface area contributed by atoms with E-state index in [0.29, 0.717) is 6.54 Å². The van der Waals surface area contributed by atoms with Crippen LogP contribution in [0.15, 0.2) is 30.5 Å². The van der Waals surface area contributed by atoms with E-state index in [2.05, 4.69) is 20.4 Å². The van der Waals surface area contributed by atoms with Crippen molar-refractivity contribution in [1.29, 1.82) is 0 Å². The Balaban J connectivity index is 1.75. The second-order valence-electron chi connectivity index (χ2n) is 6.11. The summed E-state index contributed by atoms with van der Waals surface area (Å²) in [5.74, 6) is -0.226. The smallest absolute Gasteiger partial charge is 0.123 e. The first-order valence-electron chi connectivity index (χ1n) is 8.07. The van der Waals surface area contributed by atoms with Gasteiger partial charge in [-0.05, 0) is 49.6 Å². The van der Waals surface area contributed by atoms with Gasteiger partial charge < -0.3 is 15.3 Å². The highest BCUT2D eigenvalue weighted by atomic mass is 19.1. The molecule has 2 aromatic rings. The number of benzene rings is 1. The van der Waals surface area contributed by atoms with Gasteiger partial charge in [-0.1, -0.05) is 0 Å². The van der Waals surface area contributed by atoms with Gasteiger partial charge in [-0.3, -0.25) is 5.10 Å². The van der Waals surface area contributed by atoms with Gasteiger partial charge in [0.05, 0.1) is 6.10 Å². The molecule has 1 aromatic carbocycles. The number of hydrogen-bond acceptors (Lipinski definition) is 4. The quantitative estimate of drug-likeness (QED) is 0.792. The predicted molar refractivity (Wildman–Crippen MR) is 87.7 cm³/mol. The van der Waals surface area contributed by atoms with E-state index in [9.17, 15) is 9.50 Å². The summed E-state index contributed by atoms with van der Waals surface area (Å²) in [6.45, 7) is 4.28. The van der Waals surface area contributed by atoms with Crippen LogP contribution in [-0.2, 0) is 6.54 Å². The highest BCUT2D eigenvalue weighted by Gasteiger charge is 2.21. The highest BCUT2D eigenvalue weighted by molar-refractivity contribution is 5.55. The molecule has 1 fully saturated rings. The normalized spacial score (nSPS) is 17.4. The molecule has 1 saturated heterocycles. The van der Waals surface area contributed by atoms with E-state index in [1.54, 1.807) is 12.3 Å². The standard InChI is InChI=1S/C17H23FN4O/c1-12(19-11-14-4-7-20-21-14)16-10-13(18)2-3-17(16)22-8-5-15(23)6-9-22/h2-4,7,10,12,15,19,23H,5-6,8-9,11H2,1H3,(H,20,21). The van der Waals surface area contributed by atoms with Gasteiger partial charge in [0.25, 0.3) is 0 Å². The molecule has 0 amide bonds. The van der Waals surface area contributed by atoms with E-state index in [4.69, 9.17) is 0 Å². The maximum atomic E-state index is 13.7. The molecular formula is C17H23FN4O.